The predicted octanol–water partition coefficient (Wildman–Crippen LogP) is 2.96. The third-order valence-electron chi connectivity index (χ3n) is 1.86. The molecule has 2 aromatic rings. The largest absolute Gasteiger partial charge is 0.384 e. The van der Waals surface area contributed by atoms with E-state index in [1.54, 1.807) is 17.5 Å². The van der Waals surface area contributed by atoms with Gasteiger partial charge in [-0.05, 0) is 22.0 Å². The van der Waals surface area contributed by atoms with Gasteiger partial charge in [-0.1, -0.05) is 0 Å². The number of hydrogen-bond donors (Lipinski definition) is 2. The Labute approximate surface area is 93.3 Å². The fraction of sp³-hybridized carbons (Fsp3) is 0. The van der Waals surface area contributed by atoms with Crippen LogP contribution in [0.2, 0.25) is 0 Å². The van der Waals surface area contributed by atoms with Crippen molar-refractivity contribution in [2.24, 2.45) is 0 Å². The third-order valence-corrected chi connectivity index (χ3v) is 3.58. The van der Waals surface area contributed by atoms with Crippen LogP contribution < -0.4 is 5.73 Å². The summed E-state index contributed by atoms with van der Waals surface area (Å²) in [5.41, 5.74) is 6.99. The van der Waals surface area contributed by atoms with E-state index in [-0.39, 0.29) is 0 Å². The lowest BCUT2D eigenvalue weighted by Gasteiger charge is -1.91. The Morgan fingerprint density at radius 2 is 2.36 bits per heavy atom. The molecule has 0 atom stereocenters. The molecule has 2 rings (SSSR count). The summed E-state index contributed by atoms with van der Waals surface area (Å²) in [7, 11) is 0. The molecule has 0 unspecified atom stereocenters. The number of anilines is 1. The highest BCUT2D eigenvalue weighted by atomic mass is 79.9. The van der Waals surface area contributed by atoms with Crippen LogP contribution in [-0.4, -0.2) is 4.98 Å². The lowest BCUT2D eigenvalue weighted by atomic mass is 10.2. The van der Waals surface area contributed by atoms with E-state index < -0.39 is 0 Å². The molecule has 70 valence electrons. The van der Waals surface area contributed by atoms with Crippen molar-refractivity contribution < 1.29 is 0 Å². The van der Waals surface area contributed by atoms with E-state index in [4.69, 9.17) is 11.0 Å². The number of nitrogens with two attached hydrogens (primary N) is 1. The molecule has 0 spiro atoms. The van der Waals surface area contributed by atoms with Crippen molar-refractivity contribution in [1.82, 2.24) is 4.98 Å². The van der Waals surface area contributed by atoms with E-state index in [0.29, 0.717) is 11.4 Å². The van der Waals surface area contributed by atoms with Gasteiger partial charge in [0, 0.05) is 26.5 Å². The second kappa shape index (κ2) is 3.48. The molecule has 0 aliphatic carbocycles. The van der Waals surface area contributed by atoms with Gasteiger partial charge in [-0.3, -0.25) is 0 Å². The minimum Gasteiger partial charge on any atom is -0.384 e. The van der Waals surface area contributed by atoms with Crippen LogP contribution >= 0.6 is 27.3 Å². The zero-order valence-corrected chi connectivity index (χ0v) is 9.45. The molecule has 0 aromatic carbocycles. The molecule has 0 saturated heterocycles. The van der Waals surface area contributed by atoms with Crippen LogP contribution in [0.3, 0.4) is 0 Å². The van der Waals surface area contributed by atoms with E-state index in [9.17, 15) is 0 Å². The van der Waals surface area contributed by atoms with Crippen LogP contribution in [-0.2, 0) is 0 Å². The summed E-state index contributed by atoms with van der Waals surface area (Å²) in [6.07, 6.45) is 1.76. The van der Waals surface area contributed by atoms with Gasteiger partial charge in [-0.15, -0.1) is 11.3 Å². The number of aromatic amines is 1. The second-order valence-electron chi connectivity index (χ2n) is 2.73. The number of nitrogens with one attached hydrogen (secondary N) is 1. The molecule has 0 bridgehead atoms. The Bertz CT molecular complexity index is 506. The number of rotatable bonds is 1. The number of aromatic nitrogens is 1. The topological polar surface area (TPSA) is 65.6 Å². The number of thiophene rings is 1. The van der Waals surface area contributed by atoms with Gasteiger partial charge in [0.15, 0.2) is 0 Å². The highest BCUT2D eigenvalue weighted by molar-refractivity contribution is 9.10. The molecular weight excluding hydrogens is 262 g/mol. The summed E-state index contributed by atoms with van der Waals surface area (Å²) < 4.78 is 1.01. The zero-order chi connectivity index (χ0) is 10.1. The van der Waals surface area contributed by atoms with E-state index in [0.717, 1.165) is 14.9 Å². The summed E-state index contributed by atoms with van der Waals surface area (Å²) in [6, 6.07) is 4.05. The summed E-state index contributed by atoms with van der Waals surface area (Å²) >= 11 is 4.94. The summed E-state index contributed by atoms with van der Waals surface area (Å²) in [5.74, 6) is 0.423. The Hall–Kier alpha value is -1.25. The number of H-pyrrole nitrogens is 1. The third kappa shape index (κ3) is 1.43. The Balaban J connectivity index is 2.58. The van der Waals surface area contributed by atoms with Gasteiger partial charge < -0.3 is 10.7 Å². The molecule has 2 heterocycles. The first-order valence-corrected chi connectivity index (χ1v) is 5.51. The van der Waals surface area contributed by atoms with Gasteiger partial charge >= 0.3 is 0 Å². The maximum atomic E-state index is 8.90. The first-order valence-electron chi connectivity index (χ1n) is 3.83. The number of nitrogen functional groups attached to an aromatic ring is 1. The van der Waals surface area contributed by atoms with E-state index in [2.05, 4.69) is 27.0 Å². The maximum absolute atomic E-state index is 8.90. The summed E-state index contributed by atoms with van der Waals surface area (Å²) in [4.78, 5) is 3.87. The monoisotopic (exact) mass is 267 g/mol. The molecule has 0 aliphatic heterocycles. The Morgan fingerprint density at radius 3 is 2.93 bits per heavy atom. The fourth-order valence-corrected chi connectivity index (χ4v) is 2.66. The Morgan fingerprint density at radius 1 is 1.57 bits per heavy atom. The SMILES string of the molecule is N#Cc1c(-c2cc(Br)cs2)c[nH]c1N. The van der Waals surface area contributed by atoms with E-state index in [1.165, 1.54) is 0 Å². The minimum absolute atomic E-state index is 0.423. The molecule has 2 aromatic heterocycles. The highest BCUT2D eigenvalue weighted by Gasteiger charge is 2.11. The first-order chi connectivity index (χ1) is 6.72. The first kappa shape index (κ1) is 9.31. The van der Waals surface area contributed by atoms with Crippen LogP contribution in [0.5, 0.6) is 0 Å². The number of hydrogen-bond acceptors (Lipinski definition) is 3. The van der Waals surface area contributed by atoms with Gasteiger partial charge in [-0.25, -0.2) is 0 Å². The van der Waals surface area contributed by atoms with Crippen molar-refractivity contribution in [3.63, 3.8) is 0 Å². The predicted molar refractivity (Wildman–Crippen MR) is 60.9 cm³/mol. The lowest BCUT2D eigenvalue weighted by Crippen LogP contribution is -1.86. The fourth-order valence-electron chi connectivity index (χ4n) is 1.21. The van der Waals surface area contributed by atoms with Crippen molar-refractivity contribution in [1.29, 1.82) is 5.26 Å². The minimum atomic E-state index is 0.423. The molecule has 0 amide bonds. The zero-order valence-electron chi connectivity index (χ0n) is 7.04. The molecule has 0 fully saturated rings. The average molecular weight is 268 g/mol. The van der Waals surface area contributed by atoms with Crippen molar-refractivity contribution >= 4 is 33.1 Å². The van der Waals surface area contributed by atoms with Crippen molar-refractivity contribution in [3.05, 3.63) is 27.7 Å². The molecule has 3 N–H and O–H groups in total. The molecular formula is C9H6BrN3S. The van der Waals surface area contributed by atoms with Crippen LogP contribution in [0.25, 0.3) is 10.4 Å². The van der Waals surface area contributed by atoms with Crippen LogP contribution in [0.15, 0.2) is 22.1 Å². The number of halogens is 1. The number of nitrogens with zero attached hydrogens (tertiary/aromatic N) is 1. The van der Waals surface area contributed by atoms with E-state index >= 15 is 0 Å². The number of nitriles is 1. The normalized spacial score (nSPS) is 10.0. The molecule has 5 heteroatoms. The molecule has 0 saturated carbocycles. The summed E-state index contributed by atoms with van der Waals surface area (Å²) in [6.45, 7) is 0. The molecule has 0 radical (unpaired) electrons. The smallest absolute Gasteiger partial charge is 0.119 e. The van der Waals surface area contributed by atoms with Crippen molar-refractivity contribution in [2.75, 3.05) is 5.73 Å². The van der Waals surface area contributed by atoms with Crippen molar-refractivity contribution in [2.45, 2.75) is 0 Å². The quantitative estimate of drug-likeness (QED) is 0.835. The van der Waals surface area contributed by atoms with E-state index in [1.807, 2.05) is 11.4 Å². The maximum Gasteiger partial charge on any atom is 0.119 e. The van der Waals surface area contributed by atoms with Gasteiger partial charge in [0.05, 0.1) is 0 Å². The van der Waals surface area contributed by atoms with Gasteiger partial charge in [0.2, 0.25) is 0 Å². The average Bonchev–Trinajstić information content (AvgIpc) is 2.71. The lowest BCUT2D eigenvalue weighted by molar-refractivity contribution is 1.41. The van der Waals surface area contributed by atoms with Crippen LogP contribution in [0.4, 0.5) is 5.82 Å². The second-order valence-corrected chi connectivity index (χ2v) is 4.56. The highest BCUT2D eigenvalue weighted by Crippen LogP contribution is 2.33. The van der Waals surface area contributed by atoms with Gasteiger partial charge in [-0.2, -0.15) is 5.26 Å². The Kier molecular flexibility index (Phi) is 2.32. The van der Waals surface area contributed by atoms with Crippen molar-refractivity contribution in [3.8, 4) is 16.5 Å². The standard InChI is InChI=1S/C9H6BrN3S/c10-5-1-8(14-4-5)7-3-13-9(12)6(7)2-11/h1,3-4,13H,12H2. The van der Waals surface area contributed by atoms with Gasteiger partial charge in [0.25, 0.3) is 0 Å². The van der Waals surface area contributed by atoms with Crippen LogP contribution in [0.1, 0.15) is 5.56 Å². The molecule has 14 heavy (non-hydrogen) atoms. The van der Waals surface area contributed by atoms with Gasteiger partial charge in [0.1, 0.15) is 17.5 Å². The molecule has 3 nitrogen and oxygen atoms in total. The van der Waals surface area contributed by atoms with Crippen LogP contribution in [0, 0.1) is 11.3 Å². The molecule has 0 aliphatic rings. The summed E-state index contributed by atoms with van der Waals surface area (Å²) in [5, 5.41) is 10.9.